The largest absolute Gasteiger partial charge is 0.384 e. The number of aromatic nitrogens is 2. The predicted molar refractivity (Wildman–Crippen MR) is 77.4 cm³/mol. The van der Waals surface area contributed by atoms with E-state index in [-0.39, 0.29) is 11.7 Å². The summed E-state index contributed by atoms with van der Waals surface area (Å²) in [6.45, 7) is 0.832. The first-order valence-corrected chi connectivity index (χ1v) is 6.69. The summed E-state index contributed by atoms with van der Waals surface area (Å²) in [5, 5.41) is 3.40. The first-order valence-electron chi connectivity index (χ1n) is 6.69. The molecule has 4 heteroatoms. The van der Waals surface area contributed by atoms with E-state index in [4.69, 9.17) is 0 Å². The normalized spacial score (nSPS) is 17.2. The van der Waals surface area contributed by atoms with Gasteiger partial charge in [-0.15, -0.1) is 0 Å². The van der Waals surface area contributed by atoms with E-state index in [2.05, 4.69) is 27.0 Å². The Bertz CT molecular complexity index is 807. The van der Waals surface area contributed by atoms with E-state index in [0.29, 0.717) is 5.52 Å². The molecule has 1 aromatic heterocycles. The average Bonchev–Trinajstić information content (AvgIpc) is 3.00. The molecule has 2 aromatic carbocycles. The number of benzene rings is 2. The average molecular weight is 267 g/mol. The van der Waals surface area contributed by atoms with Crippen molar-refractivity contribution in [3.8, 4) is 0 Å². The molecular formula is C16H14FN3. The molecule has 0 spiro atoms. The molecule has 20 heavy (non-hydrogen) atoms. The SMILES string of the molecule is Cn1c(C2CNc3ccccc32)nc2cc(F)ccc21. The third kappa shape index (κ3) is 1.54. The Labute approximate surface area is 116 Å². The van der Waals surface area contributed by atoms with Crippen LogP contribution in [-0.4, -0.2) is 16.1 Å². The third-order valence-corrected chi connectivity index (χ3v) is 4.02. The third-order valence-electron chi connectivity index (χ3n) is 4.02. The fraction of sp³-hybridized carbons (Fsp3) is 0.188. The monoisotopic (exact) mass is 267 g/mol. The van der Waals surface area contributed by atoms with E-state index >= 15 is 0 Å². The zero-order chi connectivity index (χ0) is 13.7. The second-order valence-corrected chi connectivity index (χ2v) is 5.18. The van der Waals surface area contributed by atoms with Crippen molar-refractivity contribution in [2.24, 2.45) is 7.05 Å². The van der Waals surface area contributed by atoms with Crippen LogP contribution >= 0.6 is 0 Å². The maximum Gasteiger partial charge on any atom is 0.125 e. The summed E-state index contributed by atoms with van der Waals surface area (Å²) in [5.74, 6) is 0.946. The number of fused-ring (bicyclic) bond motifs is 2. The van der Waals surface area contributed by atoms with Crippen LogP contribution in [0.1, 0.15) is 17.3 Å². The number of aryl methyl sites for hydroxylation is 1. The fourth-order valence-electron chi connectivity index (χ4n) is 3.02. The molecule has 100 valence electrons. The number of hydrogen-bond donors (Lipinski definition) is 1. The van der Waals surface area contributed by atoms with E-state index < -0.39 is 0 Å². The van der Waals surface area contributed by atoms with Crippen molar-refractivity contribution in [1.29, 1.82) is 0 Å². The Morgan fingerprint density at radius 3 is 3.00 bits per heavy atom. The van der Waals surface area contributed by atoms with Gasteiger partial charge in [0, 0.05) is 25.3 Å². The summed E-state index contributed by atoms with van der Waals surface area (Å²) in [6, 6.07) is 13.0. The highest BCUT2D eigenvalue weighted by Crippen LogP contribution is 2.36. The van der Waals surface area contributed by atoms with Crippen molar-refractivity contribution < 1.29 is 4.39 Å². The molecule has 3 nitrogen and oxygen atoms in total. The summed E-state index contributed by atoms with van der Waals surface area (Å²) >= 11 is 0. The minimum atomic E-state index is -0.243. The molecule has 3 aromatic rings. The van der Waals surface area contributed by atoms with Crippen LogP contribution in [0.2, 0.25) is 0 Å². The van der Waals surface area contributed by atoms with Gasteiger partial charge in [0.15, 0.2) is 0 Å². The van der Waals surface area contributed by atoms with Gasteiger partial charge in [0.05, 0.1) is 17.0 Å². The van der Waals surface area contributed by atoms with Crippen LogP contribution in [0.15, 0.2) is 42.5 Å². The van der Waals surface area contributed by atoms with Gasteiger partial charge in [-0.25, -0.2) is 9.37 Å². The van der Waals surface area contributed by atoms with Crippen molar-refractivity contribution in [3.05, 3.63) is 59.7 Å². The van der Waals surface area contributed by atoms with E-state index in [1.54, 1.807) is 6.07 Å². The number of hydrogen-bond acceptors (Lipinski definition) is 2. The Morgan fingerprint density at radius 2 is 2.10 bits per heavy atom. The lowest BCUT2D eigenvalue weighted by Crippen LogP contribution is -2.09. The Hall–Kier alpha value is -2.36. The van der Waals surface area contributed by atoms with Gasteiger partial charge in [0.2, 0.25) is 0 Å². The van der Waals surface area contributed by atoms with Gasteiger partial charge in [-0.2, -0.15) is 0 Å². The van der Waals surface area contributed by atoms with Crippen molar-refractivity contribution in [2.45, 2.75) is 5.92 Å². The first kappa shape index (κ1) is 11.5. The predicted octanol–water partition coefficient (Wildman–Crippen LogP) is 3.27. The molecule has 1 aliphatic rings. The molecule has 0 saturated heterocycles. The lowest BCUT2D eigenvalue weighted by molar-refractivity contribution is 0.629. The van der Waals surface area contributed by atoms with Crippen LogP contribution in [0, 0.1) is 5.82 Å². The van der Waals surface area contributed by atoms with E-state index in [1.165, 1.54) is 17.7 Å². The van der Waals surface area contributed by atoms with Crippen LogP contribution in [0.25, 0.3) is 11.0 Å². The highest BCUT2D eigenvalue weighted by Gasteiger charge is 2.27. The van der Waals surface area contributed by atoms with Gasteiger partial charge in [0.25, 0.3) is 0 Å². The van der Waals surface area contributed by atoms with Crippen molar-refractivity contribution >= 4 is 16.7 Å². The van der Waals surface area contributed by atoms with Gasteiger partial charge in [-0.3, -0.25) is 0 Å². The number of para-hydroxylation sites is 1. The number of nitrogens with zero attached hydrogens (tertiary/aromatic N) is 2. The lowest BCUT2D eigenvalue weighted by Gasteiger charge is -2.10. The smallest absolute Gasteiger partial charge is 0.125 e. The number of halogens is 1. The minimum absolute atomic E-state index is 0.215. The van der Waals surface area contributed by atoms with Gasteiger partial charge in [-0.1, -0.05) is 18.2 Å². The van der Waals surface area contributed by atoms with E-state index in [0.717, 1.165) is 23.6 Å². The van der Waals surface area contributed by atoms with Crippen LogP contribution in [-0.2, 0) is 7.05 Å². The summed E-state index contributed by atoms with van der Waals surface area (Å²) in [6.07, 6.45) is 0. The first-order chi connectivity index (χ1) is 9.74. The summed E-state index contributed by atoms with van der Waals surface area (Å²) in [7, 11) is 1.99. The number of anilines is 1. The Morgan fingerprint density at radius 1 is 1.25 bits per heavy atom. The van der Waals surface area contributed by atoms with Gasteiger partial charge >= 0.3 is 0 Å². The lowest BCUT2D eigenvalue weighted by atomic mass is 10.0. The summed E-state index contributed by atoms with van der Waals surface area (Å²) in [5.41, 5.74) is 4.10. The molecule has 1 unspecified atom stereocenters. The molecular weight excluding hydrogens is 253 g/mol. The molecule has 2 heterocycles. The second kappa shape index (κ2) is 4.07. The van der Waals surface area contributed by atoms with Crippen LogP contribution < -0.4 is 5.32 Å². The highest BCUT2D eigenvalue weighted by molar-refractivity contribution is 5.76. The highest BCUT2D eigenvalue weighted by atomic mass is 19.1. The number of rotatable bonds is 1. The van der Waals surface area contributed by atoms with Gasteiger partial charge in [0.1, 0.15) is 11.6 Å². The number of imidazole rings is 1. The molecule has 1 N–H and O–H groups in total. The molecule has 0 amide bonds. The standard InChI is InChI=1S/C16H14FN3/c1-20-15-7-6-10(17)8-14(15)19-16(20)12-9-18-13-5-3-2-4-11(12)13/h2-8,12,18H,9H2,1H3. The zero-order valence-corrected chi connectivity index (χ0v) is 11.1. The van der Waals surface area contributed by atoms with Crippen LogP contribution in [0.5, 0.6) is 0 Å². The van der Waals surface area contributed by atoms with Crippen molar-refractivity contribution in [2.75, 3.05) is 11.9 Å². The fourth-order valence-corrected chi connectivity index (χ4v) is 3.02. The van der Waals surface area contributed by atoms with Gasteiger partial charge in [-0.05, 0) is 23.8 Å². The molecule has 0 bridgehead atoms. The molecule has 1 atom stereocenters. The van der Waals surface area contributed by atoms with Crippen LogP contribution in [0.3, 0.4) is 0 Å². The molecule has 4 rings (SSSR count). The zero-order valence-electron chi connectivity index (χ0n) is 11.1. The Balaban J connectivity index is 1.90. The molecule has 0 saturated carbocycles. The number of nitrogens with one attached hydrogen (secondary N) is 1. The van der Waals surface area contributed by atoms with Crippen molar-refractivity contribution in [1.82, 2.24) is 9.55 Å². The minimum Gasteiger partial charge on any atom is -0.384 e. The summed E-state index contributed by atoms with van der Waals surface area (Å²) < 4.78 is 15.4. The van der Waals surface area contributed by atoms with Crippen molar-refractivity contribution in [3.63, 3.8) is 0 Å². The van der Waals surface area contributed by atoms with Gasteiger partial charge < -0.3 is 9.88 Å². The molecule has 0 radical (unpaired) electrons. The molecule has 0 aliphatic carbocycles. The quantitative estimate of drug-likeness (QED) is 0.733. The second-order valence-electron chi connectivity index (χ2n) is 5.18. The molecule has 1 aliphatic heterocycles. The molecule has 0 fully saturated rings. The summed E-state index contributed by atoms with van der Waals surface area (Å²) in [4.78, 5) is 4.64. The van der Waals surface area contributed by atoms with E-state index in [9.17, 15) is 4.39 Å². The van der Waals surface area contributed by atoms with Crippen LogP contribution in [0.4, 0.5) is 10.1 Å². The maximum absolute atomic E-state index is 13.3. The van der Waals surface area contributed by atoms with E-state index in [1.807, 2.05) is 19.2 Å². The Kier molecular flexibility index (Phi) is 2.33. The maximum atomic E-state index is 13.3. The topological polar surface area (TPSA) is 29.9 Å².